The summed E-state index contributed by atoms with van der Waals surface area (Å²) >= 11 is 2.17. The van der Waals surface area contributed by atoms with Crippen LogP contribution in [0.1, 0.15) is 21.5 Å². The third-order valence-corrected chi connectivity index (χ3v) is 6.43. The Hall–Kier alpha value is -3.28. The number of rotatable bonds is 6. The van der Waals surface area contributed by atoms with Gasteiger partial charge in [-0.25, -0.2) is 5.43 Å². The molecule has 0 unspecified atom stereocenters. The predicted molar refractivity (Wildman–Crippen MR) is 141 cm³/mol. The molecule has 0 aliphatic carbocycles. The lowest BCUT2D eigenvalue weighted by Gasteiger charge is -2.26. The zero-order chi connectivity index (χ0) is 24.2. The molecule has 0 saturated carbocycles. The SMILES string of the molecule is O=C1Nc2ccc(I)cc2/C1=N\NC(=O)c1ccc(Oc2ccc(CN3CCOCC3)cc2)cc1. The van der Waals surface area contributed by atoms with Gasteiger partial charge in [-0.15, -0.1) is 0 Å². The highest BCUT2D eigenvalue weighted by atomic mass is 127. The van der Waals surface area contributed by atoms with E-state index in [0.29, 0.717) is 22.6 Å². The fourth-order valence-electron chi connectivity index (χ4n) is 3.90. The lowest BCUT2D eigenvalue weighted by molar-refractivity contribution is -0.110. The van der Waals surface area contributed by atoms with Crippen molar-refractivity contribution in [1.82, 2.24) is 10.3 Å². The lowest BCUT2D eigenvalue weighted by atomic mass is 10.1. The van der Waals surface area contributed by atoms with E-state index < -0.39 is 5.91 Å². The molecule has 35 heavy (non-hydrogen) atoms. The Labute approximate surface area is 216 Å². The molecule has 2 N–H and O–H groups in total. The third kappa shape index (κ3) is 5.69. The number of hydrogen-bond donors (Lipinski definition) is 2. The van der Waals surface area contributed by atoms with E-state index >= 15 is 0 Å². The van der Waals surface area contributed by atoms with E-state index in [1.807, 2.05) is 30.3 Å². The second kappa shape index (κ2) is 10.5. The van der Waals surface area contributed by atoms with Crippen LogP contribution in [-0.2, 0) is 16.1 Å². The fourth-order valence-corrected chi connectivity index (χ4v) is 4.39. The average molecular weight is 582 g/mol. The van der Waals surface area contributed by atoms with E-state index in [2.05, 4.69) is 55.5 Å². The maximum Gasteiger partial charge on any atom is 0.276 e. The van der Waals surface area contributed by atoms with Gasteiger partial charge in [0.15, 0.2) is 5.71 Å². The summed E-state index contributed by atoms with van der Waals surface area (Å²) in [4.78, 5) is 27.1. The normalized spacial score (nSPS) is 16.6. The molecule has 0 spiro atoms. The minimum atomic E-state index is -0.414. The van der Waals surface area contributed by atoms with Gasteiger partial charge in [0.2, 0.25) is 0 Å². The van der Waals surface area contributed by atoms with Crippen LogP contribution < -0.4 is 15.5 Å². The number of nitrogens with zero attached hydrogens (tertiary/aromatic N) is 2. The summed E-state index contributed by atoms with van der Waals surface area (Å²) in [6.45, 7) is 4.36. The first kappa shape index (κ1) is 23.5. The highest BCUT2D eigenvalue weighted by molar-refractivity contribution is 14.1. The van der Waals surface area contributed by atoms with Crippen molar-refractivity contribution >= 4 is 45.8 Å². The summed E-state index contributed by atoms with van der Waals surface area (Å²) in [5.74, 6) is 0.581. The largest absolute Gasteiger partial charge is 0.457 e. The number of anilines is 1. The highest BCUT2D eigenvalue weighted by Crippen LogP contribution is 2.25. The molecule has 0 bridgehead atoms. The van der Waals surface area contributed by atoms with Crippen LogP contribution in [0.5, 0.6) is 11.5 Å². The van der Waals surface area contributed by atoms with E-state index in [9.17, 15) is 9.59 Å². The smallest absolute Gasteiger partial charge is 0.276 e. The van der Waals surface area contributed by atoms with Gasteiger partial charge in [-0.2, -0.15) is 5.10 Å². The summed E-state index contributed by atoms with van der Waals surface area (Å²) in [6.07, 6.45) is 0. The number of carbonyl (C=O) groups is 2. The standard InChI is InChI=1S/C26H23IN4O4/c27-19-5-10-23-22(15-19)24(26(33)28-23)29-30-25(32)18-3-8-21(9-4-18)35-20-6-1-17(2-7-20)16-31-11-13-34-14-12-31/h1-10,15H,11-14,16H2,(H,30,32)(H,28,29,33). The van der Waals surface area contributed by atoms with Crippen molar-refractivity contribution in [1.29, 1.82) is 0 Å². The van der Waals surface area contributed by atoms with Crippen molar-refractivity contribution in [2.45, 2.75) is 6.54 Å². The lowest BCUT2D eigenvalue weighted by Crippen LogP contribution is -2.35. The van der Waals surface area contributed by atoms with Crippen LogP contribution >= 0.6 is 22.6 Å². The minimum absolute atomic E-state index is 0.184. The van der Waals surface area contributed by atoms with Gasteiger partial charge in [-0.05, 0) is 82.8 Å². The Morgan fingerprint density at radius 2 is 1.71 bits per heavy atom. The fraction of sp³-hybridized carbons (Fsp3) is 0.192. The number of halogens is 1. The Morgan fingerprint density at radius 1 is 1.03 bits per heavy atom. The number of hydrogen-bond acceptors (Lipinski definition) is 6. The molecule has 1 fully saturated rings. The number of nitrogens with one attached hydrogen (secondary N) is 2. The molecule has 8 nitrogen and oxygen atoms in total. The zero-order valence-corrected chi connectivity index (χ0v) is 20.9. The molecule has 2 amide bonds. The highest BCUT2D eigenvalue weighted by Gasteiger charge is 2.26. The van der Waals surface area contributed by atoms with Gasteiger partial charge >= 0.3 is 0 Å². The number of fused-ring (bicyclic) bond motifs is 1. The zero-order valence-electron chi connectivity index (χ0n) is 18.8. The maximum atomic E-state index is 12.6. The molecule has 2 aliphatic rings. The van der Waals surface area contributed by atoms with Crippen LogP contribution in [0.4, 0.5) is 5.69 Å². The van der Waals surface area contributed by atoms with Crippen molar-refractivity contribution < 1.29 is 19.1 Å². The van der Waals surface area contributed by atoms with Gasteiger partial charge in [0.1, 0.15) is 11.5 Å². The Balaban J connectivity index is 1.18. The summed E-state index contributed by atoms with van der Waals surface area (Å²) in [7, 11) is 0. The predicted octanol–water partition coefficient (Wildman–Crippen LogP) is 4.00. The van der Waals surface area contributed by atoms with E-state index in [4.69, 9.17) is 9.47 Å². The molecular formula is C26H23IN4O4. The van der Waals surface area contributed by atoms with Crippen molar-refractivity contribution in [3.05, 3.63) is 87.0 Å². The summed E-state index contributed by atoms with van der Waals surface area (Å²) < 4.78 is 12.3. The molecule has 0 radical (unpaired) electrons. The molecular weight excluding hydrogens is 559 g/mol. The second-order valence-corrected chi connectivity index (χ2v) is 9.45. The monoisotopic (exact) mass is 582 g/mol. The van der Waals surface area contributed by atoms with Crippen molar-refractivity contribution in [2.75, 3.05) is 31.6 Å². The van der Waals surface area contributed by atoms with Crippen LogP contribution in [0.25, 0.3) is 0 Å². The number of morpholine rings is 1. The number of ether oxygens (including phenoxy) is 2. The Bertz CT molecular complexity index is 1270. The van der Waals surface area contributed by atoms with Crippen LogP contribution in [0, 0.1) is 3.57 Å². The average Bonchev–Trinajstić information content (AvgIpc) is 3.19. The molecule has 5 rings (SSSR count). The topological polar surface area (TPSA) is 92.3 Å². The molecule has 2 heterocycles. The summed E-state index contributed by atoms with van der Waals surface area (Å²) in [5, 5.41) is 6.81. The van der Waals surface area contributed by atoms with Crippen molar-refractivity contribution in [2.24, 2.45) is 5.10 Å². The number of carbonyl (C=O) groups excluding carboxylic acids is 2. The third-order valence-electron chi connectivity index (χ3n) is 5.75. The van der Waals surface area contributed by atoms with Crippen LogP contribution in [-0.4, -0.2) is 48.7 Å². The van der Waals surface area contributed by atoms with Gasteiger partial charge < -0.3 is 14.8 Å². The second-order valence-electron chi connectivity index (χ2n) is 8.20. The number of amides is 2. The van der Waals surface area contributed by atoms with Crippen LogP contribution in [0.3, 0.4) is 0 Å². The molecule has 2 aliphatic heterocycles. The Kier molecular flexibility index (Phi) is 7.07. The van der Waals surface area contributed by atoms with Gasteiger partial charge in [0.05, 0.1) is 18.9 Å². The minimum Gasteiger partial charge on any atom is -0.457 e. The first-order valence-electron chi connectivity index (χ1n) is 11.2. The maximum absolute atomic E-state index is 12.6. The van der Waals surface area contributed by atoms with E-state index in [1.165, 1.54) is 5.56 Å². The first-order chi connectivity index (χ1) is 17.0. The summed E-state index contributed by atoms with van der Waals surface area (Å²) in [5.41, 5.74) is 5.64. The van der Waals surface area contributed by atoms with E-state index in [1.54, 1.807) is 24.3 Å². The molecule has 178 valence electrons. The van der Waals surface area contributed by atoms with E-state index in [0.717, 1.165) is 42.2 Å². The molecule has 0 atom stereocenters. The number of benzene rings is 3. The van der Waals surface area contributed by atoms with E-state index in [-0.39, 0.29) is 11.6 Å². The molecule has 9 heteroatoms. The molecule has 0 aromatic heterocycles. The molecule has 3 aromatic rings. The summed E-state index contributed by atoms with van der Waals surface area (Å²) in [6, 6.07) is 20.3. The first-order valence-corrected chi connectivity index (χ1v) is 12.3. The van der Waals surface area contributed by atoms with Crippen LogP contribution in [0.15, 0.2) is 71.8 Å². The van der Waals surface area contributed by atoms with Gasteiger partial charge in [0, 0.05) is 34.3 Å². The molecule has 3 aromatic carbocycles. The quantitative estimate of drug-likeness (QED) is 0.339. The van der Waals surface area contributed by atoms with Gasteiger partial charge in [-0.1, -0.05) is 12.1 Å². The number of hydrazone groups is 1. The Morgan fingerprint density at radius 3 is 2.43 bits per heavy atom. The van der Waals surface area contributed by atoms with Gasteiger partial charge in [0.25, 0.3) is 11.8 Å². The van der Waals surface area contributed by atoms with Crippen LogP contribution in [0.2, 0.25) is 0 Å². The van der Waals surface area contributed by atoms with Crippen molar-refractivity contribution in [3.63, 3.8) is 0 Å². The van der Waals surface area contributed by atoms with Crippen molar-refractivity contribution in [3.8, 4) is 11.5 Å². The van der Waals surface area contributed by atoms with Gasteiger partial charge in [-0.3, -0.25) is 14.5 Å². The molecule has 1 saturated heterocycles.